The fourth-order valence-corrected chi connectivity index (χ4v) is 2.45. The van der Waals surface area contributed by atoms with Gasteiger partial charge in [-0.3, -0.25) is 10.0 Å². The lowest BCUT2D eigenvalue weighted by Crippen LogP contribution is -2.14. The standard InChI is InChI=1S/C18H17N3O3/c1-24-15-4-2-3-14-18(15)20-16(19-14)11-13-7-5-12(6-8-13)9-10-17(22)21-23/h2-10,23H,11H2,1H3,(H,19,20)(H,21,22)/b10-9+. The molecule has 0 aliphatic heterocycles. The number of ether oxygens (including phenoxy) is 1. The van der Waals surface area contributed by atoms with E-state index in [-0.39, 0.29) is 0 Å². The van der Waals surface area contributed by atoms with Crippen molar-refractivity contribution in [1.82, 2.24) is 15.4 Å². The second-order valence-corrected chi connectivity index (χ2v) is 5.27. The van der Waals surface area contributed by atoms with Gasteiger partial charge < -0.3 is 9.72 Å². The SMILES string of the molecule is COc1cccc2[nH]c(Cc3ccc(/C=C/C(=O)NO)cc3)nc12. The summed E-state index contributed by atoms with van der Waals surface area (Å²) >= 11 is 0. The Labute approximate surface area is 138 Å². The molecule has 3 N–H and O–H groups in total. The van der Waals surface area contributed by atoms with Crippen LogP contribution >= 0.6 is 0 Å². The number of rotatable bonds is 5. The Kier molecular flexibility index (Phi) is 4.58. The van der Waals surface area contributed by atoms with Crippen molar-refractivity contribution in [2.45, 2.75) is 6.42 Å². The lowest BCUT2D eigenvalue weighted by Gasteiger charge is -2.00. The molecule has 0 spiro atoms. The first kappa shape index (κ1) is 15.8. The van der Waals surface area contributed by atoms with E-state index in [0.29, 0.717) is 6.42 Å². The predicted octanol–water partition coefficient (Wildman–Crippen LogP) is 2.68. The molecule has 3 rings (SSSR count). The minimum absolute atomic E-state index is 0.560. The van der Waals surface area contributed by atoms with Gasteiger partial charge in [0.25, 0.3) is 5.91 Å². The van der Waals surface area contributed by atoms with Crippen LogP contribution in [-0.4, -0.2) is 28.2 Å². The molecular formula is C18H17N3O3. The lowest BCUT2D eigenvalue weighted by atomic mass is 10.1. The molecule has 0 radical (unpaired) electrons. The largest absolute Gasteiger partial charge is 0.494 e. The molecule has 0 saturated carbocycles. The van der Waals surface area contributed by atoms with Gasteiger partial charge in [0.15, 0.2) is 0 Å². The number of nitrogens with one attached hydrogen (secondary N) is 2. The van der Waals surface area contributed by atoms with Crippen molar-refractivity contribution < 1.29 is 14.7 Å². The lowest BCUT2D eigenvalue weighted by molar-refractivity contribution is -0.124. The van der Waals surface area contributed by atoms with Crippen molar-refractivity contribution in [2.24, 2.45) is 0 Å². The number of nitrogens with zero attached hydrogens (tertiary/aromatic N) is 1. The van der Waals surface area contributed by atoms with Crippen molar-refractivity contribution in [1.29, 1.82) is 0 Å². The van der Waals surface area contributed by atoms with Gasteiger partial charge in [-0.05, 0) is 29.3 Å². The third kappa shape index (κ3) is 3.44. The molecule has 2 aromatic carbocycles. The second-order valence-electron chi connectivity index (χ2n) is 5.27. The average molecular weight is 323 g/mol. The number of hydrogen-bond donors (Lipinski definition) is 3. The Morgan fingerprint density at radius 2 is 2.08 bits per heavy atom. The maximum absolute atomic E-state index is 11.0. The summed E-state index contributed by atoms with van der Waals surface area (Å²) in [6.07, 6.45) is 3.56. The molecule has 6 heteroatoms. The van der Waals surface area contributed by atoms with E-state index in [0.717, 1.165) is 33.7 Å². The number of aromatic amines is 1. The van der Waals surface area contributed by atoms with Crippen LogP contribution in [0.15, 0.2) is 48.5 Å². The quantitative estimate of drug-likeness (QED) is 0.383. The summed E-state index contributed by atoms with van der Waals surface area (Å²) in [5.74, 6) is 1.05. The average Bonchev–Trinajstić information content (AvgIpc) is 3.03. The van der Waals surface area contributed by atoms with Crippen LogP contribution in [0.5, 0.6) is 5.75 Å². The van der Waals surface area contributed by atoms with Gasteiger partial charge in [0.05, 0.1) is 12.6 Å². The molecule has 1 aromatic heterocycles. The monoisotopic (exact) mass is 323 g/mol. The molecule has 0 aliphatic carbocycles. The van der Waals surface area contributed by atoms with Crippen LogP contribution in [0.2, 0.25) is 0 Å². The number of H-pyrrole nitrogens is 1. The highest BCUT2D eigenvalue weighted by Crippen LogP contribution is 2.23. The molecule has 1 amide bonds. The van der Waals surface area contributed by atoms with E-state index in [1.165, 1.54) is 6.08 Å². The highest BCUT2D eigenvalue weighted by Gasteiger charge is 2.08. The summed E-state index contributed by atoms with van der Waals surface area (Å²) in [6.45, 7) is 0. The fraction of sp³-hybridized carbons (Fsp3) is 0.111. The topological polar surface area (TPSA) is 87.2 Å². The Morgan fingerprint density at radius 1 is 1.29 bits per heavy atom. The van der Waals surface area contributed by atoms with Gasteiger partial charge in [-0.25, -0.2) is 10.5 Å². The first-order valence-corrected chi connectivity index (χ1v) is 7.42. The van der Waals surface area contributed by atoms with Crippen LogP contribution in [-0.2, 0) is 11.2 Å². The maximum Gasteiger partial charge on any atom is 0.267 e. The number of amides is 1. The van der Waals surface area contributed by atoms with Crippen LogP contribution in [0.3, 0.4) is 0 Å². The van der Waals surface area contributed by atoms with Crippen LogP contribution in [0.25, 0.3) is 17.1 Å². The number of carbonyl (C=O) groups excluding carboxylic acids is 1. The van der Waals surface area contributed by atoms with Crippen molar-refractivity contribution in [3.63, 3.8) is 0 Å². The van der Waals surface area contributed by atoms with Gasteiger partial charge in [0.2, 0.25) is 0 Å². The number of aromatic nitrogens is 2. The molecule has 6 nitrogen and oxygen atoms in total. The van der Waals surface area contributed by atoms with Gasteiger partial charge in [0, 0.05) is 12.5 Å². The van der Waals surface area contributed by atoms with Crippen molar-refractivity contribution in [2.75, 3.05) is 7.11 Å². The van der Waals surface area contributed by atoms with Crippen molar-refractivity contribution >= 4 is 23.0 Å². The number of methoxy groups -OCH3 is 1. The third-order valence-electron chi connectivity index (χ3n) is 3.63. The molecule has 0 bridgehead atoms. The zero-order valence-electron chi connectivity index (χ0n) is 13.1. The predicted molar refractivity (Wildman–Crippen MR) is 90.9 cm³/mol. The Hall–Kier alpha value is -3.12. The molecule has 0 aliphatic rings. The number of hydrogen-bond acceptors (Lipinski definition) is 4. The summed E-state index contributed by atoms with van der Waals surface area (Å²) < 4.78 is 5.32. The molecule has 0 fully saturated rings. The summed E-state index contributed by atoms with van der Waals surface area (Å²) in [5.41, 5.74) is 5.28. The molecule has 1 heterocycles. The third-order valence-corrected chi connectivity index (χ3v) is 3.63. The Bertz CT molecular complexity index is 882. The summed E-state index contributed by atoms with van der Waals surface area (Å²) in [7, 11) is 1.63. The van der Waals surface area contributed by atoms with Crippen LogP contribution < -0.4 is 10.2 Å². The van der Waals surface area contributed by atoms with Crippen LogP contribution in [0.1, 0.15) is 17.0 Å². The van der Waals surface area contributed by atoms with E-state index < -0.39 is 5.91 Å². The maximum atomic E-state index is 11.0. The van der Waals surface area contributed by atoms with Crippen molar-refractivity contribution in [3.8, 4) is 5.75 Å². The van der Waals surface area contributed by atoms with Gasteiger partial charge in [-0.2, -0.15) is 0 Å². The van der Waals surface area contributed by atoms with Crippen LogP contribution in [0, 0.1) is 0 Å². The van der Waals surface area contributed by atoms with E-state index in [1.807, 2.05) is 42.5 Å². The highest BCUT2D eigenvalue weighted by atomic mass is 16.5. The summed E-state index contributed by atoms with van der Waals surface area (Å²) in [5, 5.41) is 8.45. The van der Waals surface area contributed by atoms with Gasteiger partial charge in [0.1, 0.15) is 17.1 Å². The highest BCUT2D eigenvalue weighted by molar-refractivity contribution is 5.90. The van der Waals surface area contributed by atoms with E-state index in [4.69, 9.17) is 9.94 Å². The zero-order chi connectivity index (χ0) is 16.9. The minimum atomic E-state index is -0.560. The van der Waals surface area contributed by atoms with Crippen molar-refractivity contribution in [3.05, 3.63) is 65.5 Å². The summed E-state index contributed by atoms with van der Waals surface area (Å²) in [4.78, 5) is 18.9. The number of hydroxylamine groups is 1. The van der Waals surface area contributed by atoms with Gasteiger partial charge in [-0.1, -0.05) is 30.3 Å². The zero-order valence-corrected chi connectivity index (χ0v) is 13.1. The Morgan fingerprint density at radius 3 is 2.79 bits per heavy atom. The fourth-order valence-electron chi connectivity index (χ4n) is 2.45. The number of fused-ring (bicyclic) bond motifs is 1. The van der Waals surface area contributed by atoms with Gasteiger partial charge >= 0.3 is 0 Å². The molecule has 3 aromatic rings. The van der Waals surface area contributed by atoms with E-state index in [1.54, 1.807) is 18.7 Å². The van der Waals surface area contributed by atoms with E-state index in [9.17, 15) is 4.79 Å². The van der Waals surface area contributed by atoms with Gasteiger partial charge in [-0.15, -0.1) is 0 Å². The normalized spacial score (nSPS) is 11.1. The Balaban J connectivity index is 1.76. The second kappa shape index (κ2) is 6.97. The summed E-state index contributed by atoms with van der Waals surface area (Å²) in [6, 6.07) is 13.5. The number of para-hydroxylation sites is 1. The molecular weight excluding hydrogens is 306 g/mol. The molecule has 0 saturated heterocycles. The molecule has 122 valence electrons. The van der Waals surface area contributed by atoms with E-state index in [2.05, 4.69) is 9.97 Å². The van der Waals surface area contributed by atoms with E-state index >= 15 is 0 Å². The smallest absolute Gasteiger partial charge is 0.267 e. The number of imidazole rings is 1. The first-order chi connectivity index (χ1) is 11.7. The first-order valence-electron chi connectivity index (χ1n) is 7.42. The molecule has 0 atom stereocenters. The molecule has 24 heavy (non-hydrogen) atoms. The minimum Gasteiger partial charge on any atom is -0.494 e. The number of carbonyl (C=O) groups is 1. The van der Waals surface area contributed by atoms with Crippen LogP contribution in [0.4, 0.5) is 0 Å². The molecule has 0 unspecified atom stereocenters. The number of benzene rings is 2.